The van der Waals surface area contributed by atoms with Gasteiger partial charge in [0.05, 0.1) is 13.2 Å². The first-order valence-corrected chi connectivity index (χ1v) is 7.30. The third-order valence-corrected chi connectivity index (χ3v) is 3.09. The number of Topliss-reactive ketones (excluding diaryl/α,β-unsaturated/α-hetero) is 1. The third kappa shape index (κ3) is 4.87. The van der Waals surface area contributed by atoms with Crippen molar-refractivity contribution in [2.75, 3.05) is 13.2 Å². The van der Waals surface area contributed by atoms with Crippen molar-refractivity contribution in [1.82, 2.24) is 0 Å². The van der Waals surface area contributed by atoms with Crippen LogP contribution in [0.4, 0.5) is 0 Å². The van der Waals surface area contributed by atoms with Crippen LogP contribution in [0.5, 0.6) is 11.5 Å². The summed E-state index contributed by atoms with van der Waals surface area (Å²) in [6.45, 7) is 11.0. The lowest BCUT2D eigenvalue weighted by Gasteiger charge is -2.17. The van der Waals surface area contributed by atoms with Gasteiger partial charge in [0.2, 0.25) is 0 Å². The van der Waals surface area contributed by atoms with Crippen LogP contribution in [0.3, 0.4) is 0 Å². The Morgan fingerprint density at radius 2 is 1.65 bits per heavy atom. The zero-order chi connectivity index (χ0) is 15.2. The van der Waals surface area contributed by atoms with E-state index in [0.29, 0.717) is 19.6 Å². The van der Waals surface area contributed by atoms with Gasteiger partial charge in [-0.2, -0.15) is 0 Å². The molecule has 0 unspecified atom stereocenters. The van der Waals surface area contributed by atoms with Gasteiger partial charge in [-0.05, 0) is 38.0 Å². The predicted octanol–water partition coefficient (Wildman–Crippen LogP) is 4.03. The quantitative estimate of drug-likeness (QED) is 0.755. The van der Waals surface area contributed by atoms with Crippen molar-refractivity contribution >= 4 is 5.78 Å². The van der Waals surface area contributed by atoms with Crippen molar-refractivity contribution in [3.8, 4) is 11.5 Å². The van der Waals surface area contributed by atoms with E-state index in [1.54, 1.807) is 0 Å². The summed E-state index contributed by atoms with van der Waals surface area (Å²) in [5.74, 6) is 1.81. The van der Waals surface area contributed by atoms with Crippen LogP contribution < -0.4 is 9.47 Å². The van der Waals surface area contributed by atoms with Gasteiger partial charge in [-0.3, -0.25) is 4.79 Å². The van der Waals surface area contributed by atoms with Gasteiger partial charge in [-0.15, -0.1) is 0 Å². The van der Waals surface area contributed by atoms with Gasteiger partial charge < -0.3 is 9.47 Å². The van der Waals surface area contributed by atoms with E-state index in [9.17, 15) is 4.79 Å². The molecule has 0 aromatic heterocycles. The Hall–Kier alpha value is -1.51. The Morgan fingerprint density at radius 3 is 2.20 bits per heavy atom. The Morgan fingerprint density at radius 1 is 1.05 bits per heavy atom. The number of carbonyl (C=O) groups is 1. The molecule has 112 valence electrons. The minimum atomic E-state index is -0.270. The van der Waals surface area contributed by atoms with Crippen LogP contribution in [0.1, 0.15) is 46.6 Å². The highest BCUT2D eigenvalue weighted by molar-refractivity contribution is 5.83. The highest BCUT2D eigenvalue weighted by Crippen LogP contribution is 2.29. The maximum Gasteiger partial charge on any atom is 0.161 e. The van der Waals surface area contributed by atoms with Crippen molar-refractivity contribution in [2.24, 2.45) is 5.41 Å². The van der Waals surface area contributed by atoms with Crippen molar-refractivity contribution in [3.05, 3.63) is 23.8 Å². The van der Waals surface area contributed by atoms with Crippen LogP contribution in [0.25, 0.3) is 0 Å². The fraction of sp³-hybridized carbons (Fsp3) is 0.588. The van der Waals surface area contributed by atoms with E-state index >= 15 is 0 Å². The standard InChI is InChI=1S/C17H26O3/c1-6-19-14-10-8-13(12-15(14)20-7-2)9-11-16(18)17(3,4)5/h8,10,12H,6-7,9,11H2,1-5H3. The molecule has 0 radical (unpaired) electrons. The molecular formula is C17H26O3. The second-order valence-electron chi connectivity index (χ2n) is 5.82. The summed E-state index contributed by atoms with van der Waals surface area (Å²) in [5, 5.41) is 0. The van der Waals surface area contributed by atoms with Crippen LogP contribution in [0.2, 0.25) is 0 Å². The Bertz CT molecular complexity index is 444. The smallest absolute Gasteiger partial charge is 0.161 e. The summed E-state index contributed by atoms with van der Waals surface area (Å²) in [4.78, 5) is 12.0. The molecule has 0 aliphatic heterocycles. The van der Waals surface area contributed by atoms with Crippen LogP contribution >= 0.6 is 0 Å². The number of benzene rings is 1. The third-order valence-electron chi connectivity index (χ3n) is 3.09. The molecule has 0 N–H and O–H groups in total. The second kappa shape index (κ2) is 7.32. The van der Waals surface area contributed by atoms with Crippen molar-refractivity contribution in [2.45, 2.75) is 47.5 Å². The van der Waals surface area contributed by atoms with E-state index in [1.165, 1.54) is 0 Å². The number of hydrogen-bond donors (Lipinski definition) is 0. The summed E-state index contributed by atoms with van der Waals surface area (Å²) >= 11 is 0. The monoisotopic (exact) mass is 278 g/mol. The summed E-state index contributed by atoms with van der Waals surface area (Å²) < 4.78 is 11.1. The minimum absolute atomic E-state index is 0.270. The second-order valence-corrected chi connectivity index (χ2v) is 5.82. The molecule has 1 aromatic rings. The molecule has 0 fully saturated rings. The van der Waals surface area contributed by atoms with Crippen LogP contribution in [0, 0.1) is 5.41 Å². The van der Waals surface area contributed by atoms with Gasteiger partial charge in [0, 0.05) is 11.8 Å². The maximum atomic E-state index is 12.0. The maximum absolute atomic E-state index is 12.0. The van der Waals surface area contributed by atoms with E-state index in [4.69, 9.17) is 9.47 Å². The molecule has 0 aliphatic rings. The Balaban J connectivity index is 2.76. The molecule has 0 atom stereocenters. The van der Waals surface area contributed by atoms with Gasteiger partial charge in [0.25, 0.3) is 0 Å². The first-order valence-electron chi connectivity index (χ1n) is 7.30. The summed E-state index contributed by atoms with van der Waals surface area (Å²) in [5.41, 5.74) is 0.836. The van der Waals surface area contributed by atoms with Crippen LogP contribution in [-0.2, 0) is 11.2 Å². The topological polar surface area (TPSA) is 35.5 Å². The molecule has 3 heteroatoms. The SMILES string of the molecule is CCOc1ccc(CCC(=O)C(C)(C)C)cc1OCC. The summed E-state index contributed by atoms with van der Waals surface area (Å²) in [6, 6.07) is 5.90. The van der Waals surface area contributed by atoms with E-state index in [-0.39, 0.29) is 11.2 Å². The molecule has 0 amide bonds. The molecule has 1 rings (SSSR count). The van der Waals surface area contributed by atoms with Crippen LogP contribution in [-0.4, -0.2) is 19.0 Å². The van der Waals surface area contributed by atoms with Crippen molar-refractivity contribution < 1.29 is 14.3 Å². The van der Waals surface area contributed by atoms with E-state index in [2.05, 4.69) is 0 Å². The van der Waals surface area contributed by atoms with Gasteiger partial charge in [0.15, 0.2) is 11.5 Å². The summed E-state index contributed by atoms with van der Waals surface area (Å²) in [7, 11) is 0. The van der Waals surface area contributed by atoms with Crippen LogP contribution in [0.15, 0.2) is 18.2 Å². The Kier molecular flexibility index (Phi) is 6.05. The van der Waals surface area contributed by atoms with Gasteiger partial charge in [0.1, 0.15) is 5.78 Å². The van der Waals surface area contributed by atoms with E-state index in [0.717, 1.165) is 23.5 Å². The van der Waals surface area contributed by atoms with Crippen molar-refractivity contribution in [3.63, 3.8) is 0 Å². The Labute approximate surface area is 122 Å². The normalized spacial score (nSPS) is 11.2. The molecule has 0 bridgehead atoms. The average molecular weight is 278 g/mol. The molecule has 0 aliphatic carbocycles. The summed E-state index contributed by atoms with van der Waals surface area (Å²) in [6.07, 6.45) is 1.30. The van der Waals surface area contributed by atoms with E-state index < -0.39 is 0 Å². The zero-order valence-electron chi connectivity index (χ0n) is 13.3. The van der Waals surface area contributed by atoms with Gasteiger partial charge >= 0.3 is 0 Å². The number of ketones is 1. The van der Waals surface area contributed by atoms with Crippen molar-refractivity contribution in [1.29, 1.82) is 0 Å². The number of aryl methyl sites for hydroxylation is 1. The number of carbonyl (C=O) groups excluding carboxylic acids is 1. The molecule has 0 heterocycles. The number of ether oxygens (including phenoxy) is 2. The minimum Gasteiger partial charge on any atom is -0.490 e. The highest BCUT2D eigenvalue weighted by Gasteiger charge is 2.20. The predicted molar refractivity (Wildman–Crippen MR) is 81.6 cm³/mol. The lowest BCUT2D eigenvalue weighted by atomic mass is 9.87. The molecule has 20 heavy (non-hydrogen) atoms. The largest absolute Gasteiger partial charge is 0.490 e. The first kappa shape index (κ1) is 16.5. The fourth-order valence-corrected chi connectivity index (χ4v) is 1.88. The lowest BCUT2D eigenvalue weighted by Crippen LogP contribution is -2.20. The average Bonchev–Trinajstić information content (AvgIpc) is 2.38. The molecule has 0 saturated carbocycles. The van der Waals surface area contributed by atoms with Gasteiger partial charge in [-0.1, -0.05) is 26.8 Å². The molecule has 3 nitrogen and oxygen atoms in total. The van der Waals surface area contributed by atoms with Gasteiger partial charge in [-0.25, -0.2) is 0 Å². The lowest BCUT2D eigenvalue weighted by molar-refractivity contribution is -0.126. The molecule has 0 spiro atoms. The highest BCUT2D eigenvalue weighted by atomic mass is 16.5. The van der Waals surface area contributed by atoms with E-state index in [1.807, 2.05) is 52.8 Å². The first-order chi connectivity index (χ1) is 9.38. The molecular weight excluding hydrogens is 252 g/mol. The molecule has 0 saturated heterocycles. The fourth-order valence-electron chi connectivity index (χ4n) is 1.88. The number of hydrogen-bond acceptors (Lipinski definition) is 3. The zero-order valence-corrected chi connectivity index (χ0v) is 13.3. The number of rotatable bonds is 7. The molecule has 1 aromatic carbocycles.